The van der Waals surface area contributed by atoms with E-state index < -0.39 is 0 Å². The summed E-state index contributed by atoms with van der Waals surface area (Å²) in [7, 11) is 0. The van der Waals surface area contributed by atoms with Crippen molar-refractivity contribution in [2.75, 3.05) is 18.4 Å². The van der Waals surface area contributed by atoms with Gasteiger partial charge in [0.15, 0.2) is 5.82 Å². The summed E-state index contributed by atoms with van der Waals surface area (Å²) in [5.74, 6) is 1.23. The van der Waals surface area contributed by atoms with Gasteiger partial charge in [-0.25, -0.2) is 0 Å². The summed E-state index contributed by atoms with van der Waals surface area (Å²) in [6.45, 7) is 4.11. The molecule has 5 heteroatoms. The van der Waals surface area contributed by atoms with Crippen LogP contribution < -0.4 is 10.6 Å². The Hall–Kier alpha value is -1.36. The molecule has 1 amide bonds. The fourth-order valence-electron chi connectivity index (χ4n) is 2.15. The number of rotatable bonds is 4. The van der Waals surface area contributed by atoms with Crippen LogP contribution in [0.2, 0.25) is 0 Å². The third-order valence-electron chi connectivity index (χ3n) is 3.21. The molecule has 1 saturated heterocycles. The molecule has 1 aromatic rings. The summed E-state index contributed by atoms with van der Waals surface area (Å²) in [5, 5.41) is 13.1. The molecule has 5 nitrogen and oxygen atoms in total. The molecule has 0 aromatic carbocycles. The lowest BCUT2D eigenvalue weighted by Crippen LogP contribution is -2.30. The van der Waals surface area contributed by atoms with Gasteiger partial charge in [-0.3, -0.25) is 9.89 Å². The Bertz CT molecular complexity index is 368. The van der Waals surface area contributed by atoms with E-state index in [0.717, 1.165) is 38.0 Å². The number of anilines is 1. The molecule has 3 N–H and O–H groups in total. The molecule has 0 radical (unpaired) electrons. The van der Waals surface area contributed by atoms with Crippen LogP contribution in [0.5, 0.6) is 0 Å². The number of carbonyl (C=O) groups is 1. The third-order valence-corrected chi connectivity index (χ3v) is 3.21. The van der Waals surface area contributed by atoms with Crippen molar-refractivity contribution in [3.8, 4) is 0 Å². The van der Waals surface area contributed by atoms with Crippen molar-refractivity contribution in [2.45, 2.75) is 32.6 Å². The van der Waals surface area contributed by atoms with E-state index in [1.54, 1.807) is 0 Å². The molecule has 0 unspecified atom stereocenters. The predicted molar refractivity (Wildman–Crippen MR) is 66.8 cm³/mol. The first-order chi connectivity index (χ1) is 8.28. The van der Waals surface area contributed by atoms with Crippen molar-refractivity contribution in [3.63, 3.8) is 0 Å². The molecule has 2 heterocycles. The maximum atomic E-state index is 11.8. The molecule has 1 aliphatic rings. The molecule has 17 heavy (non-hydrogen) atoms. The van der Waals surface area contributed by atoms with E-state index >= 15 is 0 Å². The first kappa shape index (κ1) is 12.1. The summed E-state index contributed by atoms with van der Waals surface area (Å²) in [6.07, 6.45) is 3.69. The molecule has 0 atom stereocenters. The monoisotopic (exact) mass is 236 g/mol. The van der Waals surface area contributed by atoms with Gasteiger partial charge in [0.1, 0.15) is 0 Å². The minimum atomic E-state index is 0.0750. The molecule has 0 saturated carbocycles. The fraction of sp³-hybridized carbons (Fsp3) is 0.667. The summed E-state index contributed by atoms with van der Waals surface area (Å²) in [5.41, 5.74) is 1.04. The molecule has 0 aliphatic carbocycles. The van der Waals surface area contributed by atoms with E-state index in [9.17, 15) is 4.79 Å². The highest BCUT2D eigenvalue weighted by Gasteiger charge is 2.17. The van der Waals surface area contributed by atoms with E-state index in [1.807, 2.05) is 13.0 Å². The van der Waals surface area contributed by atoms with Gasteiger partial charge in [-0.05, 0) is 38.3 Å². The minimum absolute atomic E-state index is 0.0750. The van der Waals surface area contributed by atoms with Gasteiger partial charge in [0.2, 0.25) is 5.91 Å². The minimum Gasteiger partial charge on any atom is -0.317 e. The average Bonchev–Trinajstić information content (AvgIpc) is 2.78. The largest absolute Gasteiger partial charge is 0.317 e. The second kappa shape index (κ2) is 5.82. The van der Waals surface area contributed by atoms with E-state index in [4.69, 9.17) is 0 Å². The highest BCUT2D eigenvalue weighted by Crippen LogP contribution is 2.16. The number of hydrogen-bond donors (Lipinski definition) is 3. The van der Waals surface area contributed by atoms with Crippen LogP contribution in [0.3, 0.4) is 0 Å². The molecule has 94 valence electrons. The Balaban J connectivity index is 1.79. The van der Waals surface area contributed by atoms with Crippen LogP contribution in [-0.4, -0.2) is 29.2 Å². The lowest BCUT2D eigenvalue weighted by Gasteiger charge is -2.21. The summed E-state index contributed by atoms with van der Waals surface area (Å²) >= 11 is 0. The van der Waals surface area contributed by atoms with Crippen LogP contribution in [0, 0.1) is 5.92 Å². The first-order valence-electron chi connectivity index (χ1n) is 6.32. The number of H-pyrrole nitrogens is 1. The number of nitrogens with zero attached hydrogens (tertiary/aromatic N) is 1. The van der Waals surface area contributed by atoms with Gasteiger partial charge in [0.25, 0.3) is 0 Å². The molecule has 1 aliphatic heterocycles. The Morgan fingerprint density at radius 3 is 2.94 bits per heavy atom. The van der Waals surface area contributed by atoms with E-state index in [1.165, 1.54) is 0 Å². The zero-order valence-corrected chi connectivity index (χ0v) is 10.3. The zero-order chi connectivity index (χ0) is 12.1. The van der Waals surface area contributed by atoms with Crippen LogP contribution >= 0.6 is 0 Å². The van der Waals surface area contributed by atoms with Crippen LogP contribution in [0.25, 0.3) is 0 Å². The van der Waals surface area contributed by atoms with Gasteiger partial charge in [-0.15, -0.1) is 0 Å². The quantitative estimate of drug-likeness (QED) is 0.738. The van der Waals surface area contributed by atoms with Gasteiger partial charge >= 0.3 is 0 Å². The maximum absolute atomic E-state index is 11.8. The standard InChI is InChI=1S/C12H20N4O/c1-2-10-8-11(16-15-10)14-12(17)7-9-3-5-13-6-4-9/h8-9,13H,2-7H2,1H3,(H2,14,15,16,17). The average molecular weight is 236 g/mol. The fourth-order valence-corrected chi connectivity index (χ4v) is 2.15. The Labute approximate surface area is 101 Å². The van der Waals surface area contributed by atoms with Crippen molar-refractivity contribution in [1.29, 1.82) is 0 Å². The Kier molecular flexibility index (Phi) is 4.14. The molecule has 0 spiro atoms. The zero-order valence-electron chi connectivity index (χ0n) is 10.3. The molecule has 1 aromatic heterocycles. The molecular formula is C12H20N4O. The lowest BCUT2D eigenvalue weighted by atomic mass is 9.94. The first-order valence-corrected chi connectivity index (χ1v) is 6.32. The van der Waals surface area contributed by atoms with Gasteiger partial charge in [-0.1, -0.05) is 6.92 Å². The second-order valence-corrected chi connectivity index (χ2v) is 4.58. The number of nitrogens with one attached hydrogen (secondary N) is 3. The highest BCUT2D eigenvalue weighted by atomic mass is 16.1. The molecular weight excluding hydrogens is 216 g/mol. The number of carbonyl (C=O) groups excluding carboxylic acids is 1. The smallest absolute Gasteiger partial charge is 0.225 e. The topological polar surface area (TPSA) is 69.8 Å². The lowest BCUT2D eigenvalue weighted by molar-refractivity contribution is -0.117. The van der Waals surface area contributed by atoms with Crippen molar-refractivity contribution < 1.29 is 4.79 Å². The van der Waals surface area contributed by atoms with Crippen LogP contribution in [0.15, 0.2) is 6.07 Å². The maximum Gasteiger partial charge on any atom is 0.225 e. The molecule has 0 bridgehead atoms. The van der Waals surface area contributed by atoms with Gasteiger partial charge in [0.05, 0.1) is 0 Å². The SMILES string of the molecule is CCc1cc(NC(=O)CC2CCNCC2)n[nH]1. The summed E-state index contributed by atoms with van der Waals surface area (Å²) < 4.78 is 0. The third kappa shape index (κ3) is 3.56. The second-order valence-electron chi connectivity index (χ2n) is 4.58. The molecule has 2 rings (SSSR count). The van der Waals surface area contributed by atoms with Crippen molar-refractivity contribution >= 4 is 11.7 Å². The van der Waals surface area contributed by atoms with E-state index in [0.29, 0.717) is 18.2 Å². The van der Waals surface area contributed by atoms with Crippen molar-refractivity contribution in [1.82, 2.24) is 15.5 Å². The number of aryl methyl sites for hydroxylation is 1. The normalized spacial score (nSPS) is 17.0. The van der Waals surface area contributed by atoms with E-state index in [2.05, 4.69) is 20.8 Å². The van der Waals surface area contributed by atoms with Gasteiger partial charge in [0, 0.05) is 18.2 Å². The number of amides is 1. The number of aromatic amines is 1. The number of aromatic nitrogens is 2. The number of piperidine rings is 1. The Morgan fingerprint density at radius 2 is 2.29 bits per heavy atom. The summed E-state index contributed by atoms with van der Waals surface area (Å²) in [6, 6.07) is 1.89. The van der Waals surface area contributed by atoms with Gasteiger partial charge in [-0.2, -0.15) is 5.10 Å². The summed E-state index contributed by atoms with van der Waals surface area (Å²) in [4.78, 5) is 11.8. The van der Waals surface area contributed by atoms with Gasteiger partial charge < -0.3 is 10.6 Å². The van der Waals surface area contributed by atoms with Crippen LogP contribution in [0.1, 0.15) is 31.9 Å². The van der Waals surface area contributed by atoms with Crippen LogP contribution in [0.4, 0.5) is 5.82 Å². The number of hydrogen-bond acceptors (Lipinski definition) is 3. The van der Waals surface area contributed by atoms with Crippen molar-refractivity contribution in [3.05, 3.63) is 11.8 Å². The van der Waals surface area contributed by atoms with Crippen LogP contribution in [-0.2, 0) is 11.2 Å². The van der Waals surface area contributed by atoms with E-state index in [-0.39, 0.29) is 5.91 Å². The molecule has 1 fully saturated rings. The Morgan fingerprint density at radius 1 is 1.53 bits per heavy atom. The predicted octanol–water partition coefficient (Wildman–Crippen LogP) is 1.30. The van der Waals surface area contributed by atoms with Crippen molar-refractivity contribution in [2.24, 2.45) is 5.92 Å². The highest BCUT2D eigenvalue weighted by molar-refractivity contribution is 5.89.